The smallest absolute Gasteiger partial charge is 0.318 e. The van der Waals surface area contributed by atoms with Crippen molar-refractivity contribution < 1.29 is 19.2 Å². The van der Waals surface area contributed by atoms with E-state index in [-0.39, 0.29) is 25.1 Å². The van der Waals surface area contributed by atoms with Crippen molar-refractivity contribution in [2.45, 2.75) is 6.42 Å². The Labute approximate surface area is 121 Å². The van der Waals surface area contributed by atoms with Crippen LogP contribution in [0.3, 0.4) is 0 Å². The number of rotatable bonds is 5. The van der Waals surface area contributed by atoms with Gasteiger partial charge in [-0.25, -0.2) is 0 Å². The first-order chi connectivity index (χ1) is 9.99. The number of amides is 4. The number of anilines is 1. The van der Waals surface area contributed by atoms with Gasteiger partial charge < -0.3 is 11.5 Å². The molecule has 0 spiro atoms. The van der Waals surface area contributed by atoms with Crippen LogP contribution in [0.5, 0.6) is 0 Å². The minimum atomic E-state index is -1.18. The van der Waals surface area contributed by atoms with Crippen LogP contribution in [0.25, 0.3) is 0 Å². The molecule has 0 bridgehead atoms. The molecule has 0 aromatic heterocycles. The van der Waals surface area contributed by atoms with E-state index in [1.165, 1.54) is 24.3 Å². The van der Waals surface area contributed by atoms with E-state index >= 15 is 0 Å². The van der Waals surface area contributed by atoms with Crippen molar-refractivity contribution in [3.63, 3.8) is 0 Å². The van der Waals surface area contributed by atoms with Gasteiger partial charge in [0.1, 0.15) is 0 Å². The Morgan fingerprint density at radius 1 is 1.19 bits per heavy atom. The molecule has 0 atom stereocenters. The number of benzene rings is 1. The lowest BCUT2D eigenvalue weighted by Crippen LogP contribution is -2.45. The molecule has 21 heavy (non-hydrogen) atoms. The Kier molecular flexibility index (Phi) is 6.02. The molecule has 0 unspecified atom stereocenters. The first-order valence-corrected chi connectivity index (χ1v) is 6.16. The summed E-state index contributed by atoms with van der Waals surface area (Å²) in [5.41, 5.74) is 11.4. The molecule has 5 N–H and O–H groups in total. The topological polar surface area (TPSA) is 136 Å². The molecule has 112 valence electrons. The van der Waals surface area contributed by atoms with Crippen LogP contribution in [0.4, 0.5) is 5.69 Å². The van der Waals surface area contributed by atoms with Crippen molar-refractivity contribution in [1.82, 2.24) is 10.2 Å². The summed E-state index contributed by atoms with van der Waals surface area (Å²) < 4.78 is 0. The molecule has 0 aliphatic carbocycles. The lowest BCUT2D eigenvalue weighted by molar-refractivity contribution is -0.148. The number of carbonyl (C=O) groups excluding carboxylic acids is 4. The van der Waals surface area contributed by atoms with Gasteiger partial charge in [0.25, 0.3) is 5.91 Å². The Hall–Kier alpha value is -2.74. The molecule has 0 saturated heterocycles. The number of nitrogens with one attached hydrogen (secondary N) is 1. The lowest BCUT2D eigenvalue weighted by atomic mass is 10.2. The second kappa shape index (κ2) is 7.75. The van der Waals surface area contributed by atoms with Gasteiger partial charge in [-0.2, -0.15) is 0 Å². The molecule has 1 rings (SSSR count). The monoisotopic (exact) mass is 292 g/mol. The van der Waals surface area contributed by atoms with Crippen LogP contribution >= 0.6 is 0 Å². The van der Waals surface area contributed by atoms with Crippen LogP contribution in [0.15, 0.2) is 24.3 Å². The maximum absolute atomic E-state index is 11.7. The molecule has 1 aromatic rings. The fraction of sp³-hybridized carbons (Fsp3) is 0.231. The summed E-state index contributed by atoms with van der Waals surface area (Å²) >= 11 is 0. The molecule has 8 heteroatoms. The fourth-order valence-corrected chi connectivity index (χ4v) is 1.46. The van der Waals surface area contributed by atoms with Gasteiger partial charge in [0.2, 0.25) is 6.41 Å². The van der Waals surface area contributed by atoms with Crippen molar-refractivity contribution in [3.8, 4) is 0 Å². The highest BCUT2D eigenvalue weighted by atomic mass is 16.2. The van der Waals surface area contributed by atoms with E-state index in [1.807, 2.05) is 5.32 Å². The number of imide groups is 2. The summed E-state index contributed by atoms with van der Waals surface area (Å²) in [6, 6.07) is 5.79. The van der Waals surface area contributed by atoms with E-state index in [1.54, 1.807) is 0 Å². The zero-order valence-corrected chi connectivity index (χ0v) is 11.2. The minimum Gasteiger partial charge on any atom is -0.399 e. The van der Waals surface area contributed by atoms with E-state index in [0.717, 1.165) is 0 Å². The second-order valence-electron chi connectivity index (χ2n) is 4.15. The normalized spacial score (nSPS) is 9.76. The molecular weight excluding hydrogens is 276 g/mol. The zero-order valence-electron chi connectivity index (χ0n) is 11.2. The van der Waals surface area contributed by atoms with Gasteiger partial charge >= 0.3 is 11.8 Å². The highest BCUT2D eigenvalue weighted by molar-refractivity contribution is 6.39. The third kappa shape index (κ3) is 4.69. The summed E-state index contributed by atoms with van der Waals surface area (Å²) in [7, 11) is 0. The Morgan fingerprint density at radius 3 is 2.33 bits per heavy atom. The zero-order chi connectivity index (χ0) is 15.8. The molecule has 0 aliphatic rings. The molecule has 0 fully saturated rings. The molecule has 0 aliphatic heterocycles. The van der Waals surface area contributed by atoms with Crippen LogP contribution in [0.1, 0.15) is 16.8 Å². The van der Waals surface area contributed by atoms with E-state index in [4.69, 9.17) is 11.5 Å². The van der Waals surface area contributed by atoms with E-state index in [9.17, 15) is 19.2 Å². The average Bonchev–Trinajstić information content (AvgIpc) is 2.48. The molecule has 8 nitrogen and oxygen atoms in total. The van der Waals surface area contributed by atoms with Crippen LogP contribution in [-0.4, -0.2) is 42.1 Å². The average molecular weight is 292 g/mol. The number of carbonyl (C=O) groups is 4. The Bertz CT molecular complexity index is 542. The summed E-state index contributed by atoms with van der Waals surface area (Å²) in [5.74, 6) is -3.04. The molecule has 0 saturated carbocycles. The molecule has 1 aromatic carbocycles. The number of nitrogen functional groups attached to an aromatic ring is 1. The van der Waals surface area contributed by atoms with Crippen molar-refractivity contribution in [1.29, 1.82) is 0 Å². The number of hydrogen-bond acceptors (Lipinski definition) is 6. The predicted molar refractivity (Wildman–Crippen MR) is 74.8 cm³/mol. The largest absolute Gasteiger partial charge is 0.399 e. The van der Waals surface area contributed by atoms with Crippen LogP contribution < -0.4 is 16.8 Å². The fourth-order valence-electron chi connectivity index (χ4n) is 1.46. The summed E-state index contributed by atoms with van der Waals surface area (Å²) in [6.07, 6.45) is 0.592. The minimum absolute atomic E-state index is 0.0162. The quantitative estimate of drug-likeness (QED) is 0.356. The van der Waals surface area contributed by atoms with Crippen molar-refractivity contribution >= 4 is 29.8 Å². The number of hydrogen-bond donors (Lipinski definition) is 3. The first-order valence-electron chi connectivity index (χ1n) is 6.16. The van der Waals surface area contributed by atoms with Gasteiger partial charge in [-0.15, -0.1) is 0 Å². The van der Waals surface area contributed by atoms with Gasteiger partial charge in [-0.1, -0.05) is 0 Å². The highest BCUT2D eigenvalue weighted by Gasteiger charge is 2.23. The maximum Gasteiger partial charge on any atom is 0.318 e. The molecular formula is C13H16N4O4. The van der Waals surface area contributed by atoms with Gasteiger partial charge in [0.05, 0.1) is 0 Å². The molecule has 0 heterocycles. The first kappa shape index (κ1) is 16.3. The van der Waals surface area contributed by atoms with Crippen LogP contribution in [-0.2, 0) is 14.4 Å². The van der Waals surface area contributed by atoms with E-state index < -0.39 is 17.7 Å². The van der Waals surface area contributed by atoms with E-state index in [2.05, 4.69) is 0 Å². The van der Waals surface area contributed by atoms with Gasteiger partial charge in [0.15, 0.2) is 0 Å². The molecule has 4 amide bonds. The van der Waals surface area contributed by atoms with Gasteiger partial charge in [0, 0.05) is 17.8 Å². The lowest BCUT2D eigenvalue weighted by Gasteiger charge is -2.13. The SMILES string of the molecule is NCCCN(C=O)C(=O)C(=O)NC(=O)c1ccc(N)cc1. The predicted octanol–water partition coefficient (Wildman–Crippen LogP) is -1.14. The van der Waals surface area contributed by atoms with Crippen LogP contribution in [0.2, 0.25) is 0 Å². The molecule has 0 radical (unpaired) electrons. The van der Waals surface area contributed by atoms with E-state index in [0.29, 0.717) is 17.0 Å². The highest BCUT2D eigenvalue weighted by Crippen LogP contribution is 2.05. The second-order valence-corrected chi connectivity index (χ2v) is 4.15. The summed E-state index contributed by atoms with van der Waals surface area (Å²) in [5, 5.41) is 1.91. The standard InChI is InChI=1S/C13H16N4O4/c14-6-1-7-17(8-18)13(21)12(20)16-11(19)9-2-4-10(15)5-3-9/h2-5,8H,1,6-7,14-15H2,(H,16,19,20). The Balaban J connectivity index is 2.66. The third-order valence-electron chi connectivity index (χ3n) is 2.59. The maximum atomic E-state index is 11.7. The summed E-state index contributed by atoms with van der Waals surface area (Å²) in [4.78, 5) is 46.4. The summed E-state index contributed by atoms with van der Waals surface area (Å²) in [6.45, 7) is 0.284. The van der Waals surface area contributed by atoms with Crippen molar-refractivity contribution in [2.75, 3.05) is 18.8 Å². The van der Waals surface area contributed by atoms with Crippen molar-refractivity contribution in [2.24, 2.45) is 5.73 Å². The Morgan fingerprint density at radius 2 is 1.81 bits per heavy atom. The van der Waals surface area contributed by atoms with Gasteiger partial charge in [-0.3, -0.25) is 29.4 Å². The van der Waals surface area contributed by atoms with Crippen LogP contribution in [0, 0.1) is 0 Å². The third-order valence-corrected chi connectivity index (χ3v) is 2.59. The van der Waals surface area contributed by atoms with Gasteiger partial charge in [-0.05, 0) is 37.2 Å². The number of nitrogens with two attached hydrogens (primary N) is 2. The number of nitrogens with zero attached hydrogens (tertiary/aromatic N) is 1. The van der Waals surface area contributed by atoms with Crippen molar-refractivity contribution in [3.05, 3.63) is 29.8 Å².